The van der Waals surface area contributed by atoms with Gasteiger partial charge in [0, 0.05) is 5.02 Å². The van der Waals surface area contributed by atoms with Gasteiger partial charge in [-0.15, -0.1) is 0 Å². The van der Waals surface area contributed by atoms with E-state index in [0.29, 0.717) is 10.7 Å². The number of benzene rings is 1. The molecule has 1 rings (SSSR count). The predicted octanol–water partition coefficient (Wildman–Crippen LogP) is 3.21. The summed E-state index contributed by atoms with van der Waals surface area (Å²) in [7, 11) is 0. The van der Waals surface area contributed by atoms with Crippen molar-refractivity contribution in [2.24, 2.45) is 5.73 Å². The monoisotopic (exact) mass is 311 g/mol. The minimum atomic E-state index is -0.351. The Bertz CT molecular complexity index is 444. The molecule has 0 aromatic heterocycles. The zero-order valence-electron chi connectivity index (χ0n) is 8.39. The SMILES string of the molecule is N=C(N)SCC(=O)Nc1c(Cl)cc(Cl)cc1Cl. The molecule has 0 saturated heterocycles. The maximum Gasteiger partial charge on any atom is 0.234 e. The number of thioether (sulfide) groups is 1. The lowest BCUT2D eigenvalue weighted by Crippen LogP contribution is -2.17. The van der Waals surface area contributed by atoms with Crippen LogP contribution in [0.25, 0.3) is 0 Å². The van der Waals surface area contributed by atoms with E-state index in [1.165, 1.54) is 12.1 Å². The van der Waals surface area contributed by atoms with Gasteiger partial charge in [-0.1, -0.05) is 46.6 Å². The standard InChI is InChI=1S/C9H8Cl3N3OS/c10-4-1-5(11)8(6(12)2-4)15-7(16)3-17-9(13)14/h1-2H,3H2,(H3,13,14)(H,15,16). The minimum Gasteiger partial charge on any atom is -0.379 e. The lowest BCUT2D eigenvalue weighted by atomic mass is 10.3. The Kier molecular flexibility index (Phi) is 5.39. The van der Waals surface area contributed by atoms with Crippen molar-refractivity contribution in [3.8, 4) is 0 Å². The highest BCUT2D eigenvalue weighted by atomic mass is 35.5. The maximum atomic E-state index is 11.5. The third-order valence-electron chi connectivity index (χ3n) is 1.63. The van der Waals surface area contributed by atoms with Crippen molar-refractivity contribution in [3.05, 3.63) is 27.2 Å². The van der Waals surface area contributed by atoms with E-state index in [1.54, 1.807) is 0 Å². The first-order chi connectivity index (χ1) is 7.90. The number of nitrogens with one attached hydrogen (secondary N) is 2. The number of carbonyl (C=O) groups excluding carboxylic acids is 1. The zero-order chi connectivity index (χ0) is 13.0. The van der Waals surface area contributed by atoms with Crippen LogP contribution in [-0.2, 0) is 4.79 Å². The van der Waals surface area contributed by atoms with Crippen LogP contribution >= 0.6 is 46.6 Å². The molecule has 0 fully saturated rings. The number of hydrogen-bond donors (Lipinski definition) is 3. The van der Waals surface area contributed by atoms with Gasteiger partial charge in [-0.05, 0) is 12.1 Å². The van der Waals surface area contributed by atoms with Crippen LogP contribution in [0.5, 0.6) is 0 Å². The Morgan fingerprint density at radius 2 is 1.88 bits per heavy atom. The molecule has 0 bridgehead atoms. The third kappa shape index (κ3) is 4.63. The van der Waals surface area contributed by atoms with Gasteiger partial charge < -0.3 is 11.1 Å². The first-order valence-corrected chi connectivity index (χ1v) is 6.43. The fraction of sp³-hybridized carbons (Fsp3) is 0.111. The third-order valence-corrected chi connectivity index (χ3v) is 3.16. The fourth-order valence-corrected chi connectivity index (χ4v) is 2.25. The molecule has 92 valence electrons. The molecule has 8 heteroatoms. The highest BCUT2D eigenvalue weighted by molar-refractivity contribution is 8.14. The number of nitrogens with two attached hydrogens (primary N) is 1. The van der Waals surface area contributed by atoms with Crippen LogP contribution in [0.15, 0.2) is 12.1 Å². The summed E-state index contributed by atoms with van der Waals surface area (Å²) in [6.07, 6.45) is 0. The summed E-state index contributed by atoms with van der Waals surface area (Å²) < 4.78 is 0. The van der Waals surface area contributed by atoms with Crippen LogP contribution in [0.4, 0.5) is 5.69 Å². The van der Waals surface area contributed by atoms with Crippen molar-refractivity contribution in [3.63, 3.8) is 0 Å². The van der Waals surface area contributed by atoms with Crippen molar-refractivity contribution in [2.75, 3.05) is 11.1 Å². The molecular formula is C9H8Cl3N3OS. The first kappa shape index (κ1) is 14.4. The molecule has 1 aromatic rings. The van der Waals surface area contributed by atoms with Gasteiger partial charge in [-0.25, -0.2) is 0 Å². The van der Waals surface area contributed by atoms with Gasteiger partial charge in [0.1, 0.15) is 0 Å². The average Bonchev–Trinajstić information content (AvgIpc) is 2.20. The Hall–Kier alpha value is -0.620. The molecule has 0 radical (unpaired) electrons. The summed E-state index contributed by atoms with van der Waals surface area (Å²) in [5.74, 6) is -0.332. The van der Waals surface area contributed by atoms with Gasteiger partial charge in [0.25, 0.3) is 0 Å². The summed E-state index contributed by atoms with van der Waals surface area (Å²) in [5.41, 5.74) is 5.41. The highest BCUT2D eigenvalue weighted by Gasteiger charge is 2.11. The van der Waals surface area contributed by atoms with E-state index in [0.717, 1.165) is 11.8 Å². The molecule has 4 nitrogen and oxygen atoms in total. The van der Waals surface area contributed by atoms with Crippen molar-refractivity contribution < 1.29 is 4.79 Å². The molecule has 17 heavy (non-hydrogen) atoms. The second-order valence-corrected chi connectivity index (χ2v) is 5.21. The quantitative estimate of drug-likeness (QED) is 0.592. The van der Waals surface area contributed by atoms with Crippen molar-refractivity contribution in [2.45, 2.75) is 0 Å². The molecule has 0 aliphatic heterocycles. The molecular weight excluding hydrogens is 305 g/mol. The fourth-order valence-electron chi connectivity index (χ4n) is 0.980. The van der Waals surface area contributed by atoms with Crippen LogP contribution in [0, 0.1) is 5.41 Å². The number of halogens is 3. The van der Waals surface area contributed by atoms with Crippen molar-refractivity contribution in [1.82, 2.24) is 0 Å². The molecule has 1 amide bonds. The zero-order valence-corrected chi connectivity index (χ0v) is 11.5. The van der Waals surface area contributed by atoms with Crippen LogP contribution < -0.4 is 11.1 Å². The maximum absolute atomic E-state index is 11.5. The Morgan fingerprint density at radius 3 is 2.35 bits per heavy atom. The molecule has 1 aromatic carbocycles. The normalized spacial score (nSPS) is 10.1. The molecule has 0 unspecified atom stereocenters. The number of anilines is 1. The lowest BCUT2D eigenvalue weighted by molar-refractivity contribution is -0.113. The number of amidine groups is 1. The Balaban J connectivity index is 2.75. The Labute approximate surface area is 117 Å². The smallest absolute Gasteiger partial charge is 0.234 e. The minimum absolute atomic E-state index is 0.0185. The van der Waals surface area contributed by atoms with E-state index in [4.69, 9.17) is 45.9 Å². The van der Waals surface area contributed by atoms with E-state index < -0.39 is 0 Å². The summed E-state index contributed by atoms with van der Waals surface area (Å²) in [6, 6.07) is 2.95. The molecule has 0 atom stereocenters. The van der Waals surface area contributed by atoms with Gasteiger partial charge in [-0.3, -0.25) is 10.2 Å². The average molecular weight is 313 g/mol. The van der Waals surface area contributed by atoms with Crippen molar-refractivity contribution in [1.29, 1.82) is 5.41 Å². The van der Waals surface area contributed by atoms with Crippen molar-refractivity contribution >= 4 is 63.3 Å². The van der Waals surface area contributed by atoms with Gasteiger partial charge in [0.2, 0.25) is 5.91 Å². The van der Waals surface area contributed by atoms with Crippen LogP contribution in [-0.4, -0.2) is 16.8 Å². The van der Waals surface area contributed by atoms with E-state index in [9.17, 15) is 4.79 Å². The summed E-state index contributed by atoms with van der Waals surface area (Å²) >= 11 is 18.4. The molecule has 0 heterocycles. The Morgan fingerprint density at radius 1 is 1.35 bits per heavy atom. The van der Waals surface area contributed by atoms with Crippen LogP contribution in [0.1, 0.15) is 0 Å². The lowest BCUT2D eigenvalue weighted by Gasteiger charge is -2.09. The largest absolute Gasteiger partial charge is 0.379 e. The van der Waals surface area contributed by atoms with Gasteiger partial charge in [0.05, 0.1) is 21.5 Å². The molecule has 0 aliphatic rings. The number of carbonyl (C=O) groups is 1. The van der Waals surface area contributed by atoms with Gasteiger partial charge in [-0.2, -0.15) is 0 Å². The second kappa shape index (κ2) is 6.35. The van der Waals surface area contributed by atoms with E-state index in [2.05, 4.69) is 5.32 Å². The van der Waals surface area contributed by atoms with Crippen LogP contribution in [0.3, 0.4) is 0 Å². The van der Waals surface area contributed by atoms with E-state index in [1.807, 2.05) is 0 Å². The molecule has 0 spiro atoms. The summed E-state index contributed by atoms with van der Waals surface area (Å²) in [5, 5.41) is 10.3. The molecule has 0 saturated carbocycles. The van der Waals surface area contributed by atoms with E-state index >= 15 is 0 Å². The highest BCUT2D eigenvalue weighted by Crippen LogP contribution is 2.33. The predicted molar refractivity (Wildman–Crippen MR) is 74.5 cm³/mol. The van der Waals surface area contributed by atoms with Gasteiger partial charge in [0.15, 0.2) is 5.17 Å². The number of rotatable bonds is 3. The van der Waals surface area contributed by atoms with E-state index in [-0.39, 0.29) is 26.9 Å². The second-order valence-electron chi connectivity index (χ2n) is 2.95. The first-order valence-electron chi connectivity index (χ1n) is 4.31. The topological polar surface area (TPSA) is 79.0 Å². The molecule has 4 N–H and O–H groups in total. The number of hydrogen-bond acceptors (Lipinski definition) is 3. The van der Waals surface area contributed by atoms with Gasteiger partial charge >= 0.3 is 0 Å². The summed E-state index contributed by atoms with van der Waals surface area (Å²) in [4.78, 5) is 11.5. The molecule has 0 aliphatic carbocycles. The summed E-state index contributed by atoms with van der Waals surface area (Å²) in [6.45, 7) is 0. The van der Waals surface area contributed by atoms with Crippen LogP contribution in [0.2, 0.25) is 15.1 Å². The number of amides is 1.